The molecule has 0 amide bonds. The summed E-state index contributed by atoms with van der Waals surface area (Å²) in [7, 11) is 0. The summed E-state index contributed by atoms with van der Waals surface area (Å²) in [6.45, 7) is 26.0. The van der Waals surface area contributed by atoms with Crippen molar-refractivity contribution in [3.8, 4) is 0 Å². The van der Waals surface area contributed by atoms with E-state index in [4.69, 9.17) is 0 Å². The zero-order chi connectivity index (χ0) is 50.1. The minimum absolute atomic E-state index is 0.211. The van der Waals surface area contributed by atoms with Crippen LogP contribution in [0, 0.1) is 0 Å². The number of hydrogen-bond acceptors (Lipinski definition) is 8. The highest BCUT2D eigenvalue weighted by Crippen LogP contribution is 2.41. The molecule has 0 radical (unpaired) electrons. The molecule has 0 saturated carbocycles. The Balaban J connectivity index is 1.76. The van der Waals surface area contributed by atoms with Gasteiger partial charge in [0.1, 0.15) is 11.4 Å². The van der Waals surface area contributed by atoms with Crippen LogP contribution in [0.2, 0.25) is 0 Å². The van der Waals surface area contributed by atoms with Gasteiger partial charge in [0.15, 0.2) is 0 Å². The fourth-order valence-electron chi connectivity index (χ4n) is 9.31. The van der Waals surface area contributed by atoms with Crippen LogP contribution in [0.1, 0.15) is 158 Å². The first-order chi connectivity index (χ1) is 34.3. The van der Waals surface area contributed by atoms with Gasteiger partial charge in [0.2, 0.25) is 11.6 Å². The van der Waals surface area contributed by atoms with Crippen molar-refractivity contribution >= 4 is 57.1 Å². The van der Waals surface area contributed by atoms with E-state index in [1.165, 1.54) is 34.9 Å². The molecular weight excluding hydrogens is 861 g/mol. The van der Waals surface area contributed by atoms with Gasteiger partial charge in [0.25, 0.3) is 0 Å². The van der Waals surface area contributed by atoms with Crippen LogP contribution in [-0.2, 0) is 9.59 Å². The number of carbonyl (C=O) groups excluding carboxylic acids is 2. The van der Waals surface area contributed by atoms with Gasteiger partial charge in [-0.1, -0.05) is 107 Å². The molecule has 0 saturated heterocycles. The second kappa shape index (κ2) is 30.3. The van der Waals surface area contributed by atoms with Crippen LogP contribution in [0.15, 0.2) is 121 Å². The van der Waals surface area contributed by atoms with Crippen LogP contribution in [0.25, 0.3) is 0 Å². The molecule has 0 spiro atoms. The molecule has 380 valence electrons. The Morgan fingerprint density at radius 2 is 0.414 bits per heavy atom. The summed E-state index contributed by atoms with van der Waals surface area (Å²) >= 11 is 0. The Labute approximate surface area is 425 Å². The van der Waals surface area contributed by atoms with Crippen molar-refractivity contribution < 1.29 is 9.59 Å². The molecule has 70 heavy (non-hydrogen) atoms. The maximum Gasteiger partial charge on any atom is 0.205 e. The number of carbonyl (C=O) groups is 2. The van der Waals surface area contributed by atoms with Gasteiger partial charge in [0.05, 0.1) is 0 Å². The lowest BCUT2D eigenvalue weighted by molar-refractivity contribution is -0.115. The number of rotatable bonds is 34. The predicted octanol–water partition coefficient (Wildman–Crippen LogP) is 16.2. The topological polar surface area (TPSA) is 53.6 Å². The van der Waals surface area contributed by atoms with Crippen LogP contribution in [0.4, 0.5) is 45.5 Å². The fourth-order valence-corrected chi connectivity index (χ4v) is 9.31. The summed E-state index contributed by atoms with van der Waals surface area (Å²) in [5.74, 6) is -0.423. The van der Waals surface area contributed by atoms with Crippen LogP contribution >= 0.6 is 0 Å². The highest BCUT2D eigenvalue weighted by molar-refractivity contribution is 6.24. The van der Waals surface area contributed by atoms with Gasteiger partial charge in [-0.3, -0.25) is 9.59 Å². The van der Waals surface area contributed by atoms with Gasteiger partial charge in [0, 0.05) is 97.9 Å². The number of unbranched alkanes of at least 4 members (excludes halogenated alkanes) is 8. The second-order valence-electron chi connectivity index (χ2n) is 19.3. The largest absolute Gasteiger partial charge is 0.372 e. The second-order valence-corrected chi connectivity index (χ2v) is 19.3. The molecule has 1 aliphatic rings. The van der Waals surface area contributed by atoms with Crippen LogP contribution in [0.5, 0.6) is 0 Å². The minimum atomic E-state index is -0.211. The average molecular weight is 951 g/mol. The zero-order valence-electron chi connectivity index (χ0n) is 44.9. The predicted molar refractivity (Wildman–Crippen MR) is 304 cm³/mol. The van der Waals surface area contributed by atoms with Crippen molar-refractivity contribution in [3.63, 3.8) is 0 Å². The van der Waals surface area contributed by atoms with Gasteiger partial charge in [-0.25, -0.2) is 0 Å². The highest BCUT2D eigenvalue weighted by Gasteiger charge is 2.35. The first-order valence-electron chi connectivity index (χ1n) is 27.8. The van der Waals surface area contributed by atoms with Crippen LogP contribution < -0.4 is 29.4 Å². The van der Waals surface area contributed by atoms with E-state index in [9.17, 15) is 0 Å². The van der Waals surface area contributed by atoms with Crippen molar-refractivity contribution in [2.24, 2.45) is 0 Å². The monoisotopic (exact) mass is 951 g/mol. The lowest BCUT2D eigenvalue weighted by Gasteiger charge is -2.35. The molecule has 4 aromatic rings. The third kappa shape index (κ3) is 15.5. The molecule has 0 bridgehead atoms. The summed E-state index contributed by atoms with van der Waals surface area (Å²) in [4.78, 5) is 44.1. The van der Waals surface area contributed by atoms with Crippen molar-refractivity contribution in [1.29, 1.82) is 0 Å². The summed E-state index contributed by atoms with van der Waals surface area (Å²) in [6, 6.07) is 34.7. The molecular formula is C62H90N6O2. The maximum absolute atomic E-state index is 15.0. The van der Waals surface area contributed by atoms with Crippen molar-refractivity contribution in [1.82, 2.24) is 0 Å². The molecule has 8 heteroatoms. The lowest BCUT2D eigenvalue weighted by Crippen LogP contribution is -2.35. The fraction of sp³-hybridized carbons (Fsp3) is 0.516. The Morgan fingerprint density at radius 3 is 0.571 bits per heavy atom. The first kappa shape index (κ1) is 55.4. The summed E-state index contributed by atoms with van der Waals surface area (Å²) in [6.07, 6.45) is 21.0. The third-order valence-electron chi connectivity index (χ3n) is 13.7. The van der Waals surface area contributed by atoms with Crippen LogP contribution in [-0.4, -0.2) is 63.9 Å². The molecule has 0 heterocycles. The average Bonchev–Trinajstić information content (AvgIpc) is 3.39. The molecule has 5 rings (SSSR count). The Bertz CT molecular complexity index is 1870. The number of hydrogen-bond donors (Lipinski definition) is 0. The van der Waals surface area contributed by atoms with Crippen molar-refractivity contribution in [2.75, 3.05) is 81.8 Å². The minimum Gasteiger partial charge on any atom is -0.372 e. The number of anilines is 8. The number of nitrogens with zero attached hydrogens (tertiary/aromatic N) is 6. The van der Waals surface area contributed by atoms with Gasteiger partial charge < -0.3 is 29.4 Å². The Hall–Kier alpha value is -5.50. The first-order valence-corrected chi connectivity index (χ1v) is 27.8. The Morgan fingerprint density at radius 1 is 0.257 bits per heavy atom. The Kier molecular flexibility index (Phi) is 24.0. The van der Waals surface area contributed by atoms with E-state index >= 15 is 9.59 Å². The summed E-state index contributed by atoms with van der Waals surface area (Å²) in [5, 5.41) is 0. The number of allylic oxidation sites excluding steroid dienone is 2. The maximum atomic E-state index is 15.0. The third-order valence-corrected chi connectivity index (χ3v) is 13.7. The summed E-state index contributed by atoms with van der Waals surface area (Å²) in [5.41, 5.74) is 8.67. The number of ketones is 2. The van der Waals surface area contributed by atoms with E-state index in [-0.39, 0.29) is 11.6 Å². The molecule has 0 aromatic heterocycles. The zero-order valence-corrected chi connectivity index (χ0v) is 44.9. The summed E-state index contributed by atoms with van der Waals surface area (Å²) < 4.78 is 0. The van der Waals surface area contributed by atoms with E-state index in [2.05, 4.69) is 172 Å². The lowest BCUT2D eigenvalue weighted by atomic mass is 10.00. The van der Waals surface area contributed by atoms with Gasteiger partial charge in [-0.05, 0) is 161 Å². The van der Waals surface area contributed by atoms with Crippen LogP contribution in [0.3, 0.4) is 0 Å². The molecule has 8 nitrogen and oxygen atoms in total. The molecule has 0 aliphatic heterocycles. The quantitative estimate of drug-likeness (QED) is 0.0429. The van der Waals surface area contributed by atoms with Crippen molar-refractivity contribution in [2.45, 2.75) is 158 Å². The number of benzene rings is 4. The molecule has 0 atom stereocenters. The molecule has 0 fully saturated rings. The molecule has 0 unspecified atom stereocenters. The van der Waals surface area contributed by atoms with E-state index in [0.29, 0.717) is 11.4 Å². The highest BCUT2D eigenvalue weighted by atomic mass is 16.1. The van der Waals surface area contributed by atoms with Gasteiger partial charge in [-0.15, -0.1) is 0 Å². The van der Waals surface area contributed by atoms with Gasteiger partial charge >= 0.3 is 0 Å². The standard InChI is InChI=1S/C62H90N6O2/c1-9-17-43-63(44-18-10-2)51-25-33-55(34-26-51)67(56-35-27-52(28-36-56)64(45-19-11-3)46-20-12-4)61-59(69)41-42-60(70)62(61)68(57-37-29-53(30-38-57)65(47-21-13-5)48-22-14-6)58-39-31-54(32-40-58)66(49-23-15-7)50-24-16-8/h25-42H,9-24,43-50H2,1-8H3. The van der Waals surface area contributed by atoms with Crippen molar-refractivity contribution in [3.05, 3.63) is 121 Å². The SMILES string of the molecule is CCCCN(CCCC)c1ccc(N(C2=C(N(c3ccc(N(CCCC)CCCC)cc3)c3ccc(N(CCCC)CCCC)cc3)C(=O)C=CC2=O)c2ccc(N(CCCC)CCCC)cc2)cc1. The van der Waals surface area contributed by atoms with E-state index < -0.39 is 0 Å². The molecule has 0 N–H and O–H groups in total. The van der Waals surface area contributed by atoms with Gasteiger partial charge in [-0.2, -0.15) is 0 Å². The molecule has 1 aliphatic carbocycles. The smallest absolute Gasteiger partial charge is 0.205 e. The van der Waals surface area contributed by atoms with E-state index in [1.807, 2.05) is 9.80 Å². The van der Waals surface area contributed by atoms with E-state index in [1.54, 1.807) is 0 Å². The molecule has 4 aromatic carbocycles. The van der Waals surface area contributed by atoms with E-state index in [0.717, 1.165) is 178 Å². The normalized spacial score (nSPS) is 12.5.